The second-order valence-corrected chi connectivity index (χ2v) is 9.16. The average molecular weight is 352 g/mol. The Hall–Kier alpha value is -1.97. The molecule has 2 unspecified atom stereocenters. The van der Waals surface area contributed by atoms with E-state index >= 15 is 0 Å². The first-order valence-corrected chi connectivity index (χ1v) is 9.55. The lowest BCUT2D eigenvalue weighted by atomic mass is 9.64. The summed E-state index contributed by atoms with van der Waals surface area (Å²) >= 11 is 0. The molecule has 4 rings (SSSR count). The second kappa shape index (κ2) is 5.05. The van der Waals surface area contributed by atoms with Crippen molar-refractivity contribution >= 4 is 17.0 Å². The fourth-order valence-electron chi connectivity index (χ4n) is 5.12. The van der Waals surface area contributed by atoms with Crippen LogP contribution in [0.2, 0.25) is 0 Å². The predicted octanol–water partition coefficient (Wildman–Crippen LogP) is 4.53. The monoisotopic (exact) mass is 352 g/mol. The molecule has 1 heterocycles. The van der Waals surface area contributed by atoms with Crippen LogP contribution in [-0.4, -0.2) is 22.0 Å². The first-order valence-electron chi connectivity index (χ1n) is 9.55. The molecular weight excluding hydrogens is 324 g/mol. The van der Waals surface area contributed by atoms with Crippen LogP contribution in [0.1, 0.15) is 70.0 Å². The van der Waals surface area contributed by atoms with Crippen LogP contribution >= 0.6 is 0 Å². The number of carbonyl (C=O) groups excluding carboxylic acids is 1. The zero-order valence-corrected chi connectivity index (χ0v) is 16.9. The molecule has 1 aromatic heterocycles. The fraction of sp³-hybridized carbons (Fsp3) is 0.591. The number of aromatic nitrogens is 2. The molecule has 0 aliphatic heterocycles. The molecular formula is C22H28N2O2. The first kappa shape index (κ1) is 17.4. The SMILES string of the molecule is Cc1cc2nc3c(nc2cc1C)C1(C(=O)OC(C)C)CCC3(C)C1(C)C. The largest absolute Gasteiger partial charge is 0.462 e. The number of aryl methyl sites for hydroxylation is 2. The number of nitrogens with zero attached hydrogens (tertiary/aromatic N) is 2. The number of ether oxygens (including phenoxy) is 1. The van der Waals surface area contributed by atoms with Crippen LogP contribution in [0.3, 0.4) is 0 Å². The van der Waals surface area contributed by atoms with Gasteiger partial charge in [0.15, 0.2) is 0 Å². The number of rotatable bonds is 2. The fourth-order valence-corrected chi connectivity index (χ4v) is 5.12. The Balaban J connectivity index is 2.03. The molecule has 26 heavy (non-hydrogen) atoms. The number of hydrogen-bond acceptors (Lipinski definition) is 4. The molecule has 2 aromatic rings. The van der Waals surface area contributed by atoms with Crippen molar-refractivity contribution in [2.75, 3.05) is 0 Å². The van der Waals surface area contributed by atoms with Crippen molar-refractivity contribution in [1.29, 1.82) is 0 Å². The van der Waals surface area contributed by atoms with Gasteiger partial charge in [0.25, 0.3) is 0 Å². The van der Waals surface area contributed by atoms with Crippen molar-refractivity contribution < 1.29 is 9.53 Å². The number of carbonyl (C=O) groups is 1. The van der Waals surface area contributed by atoms with Crippen LogP contribution in [0, 0.1) is 19.3 Å². The molecule has 0 amide bonds. The summed E-state index contributed by atoms with van der Waals surface area (Å²) in [5.74, 6) is -0.141. The highest BCUT2D eigenvalue weighted by atomic mass is 16.5. The molecule has 0 N–H and O–H groups in total. The third kappa shape index (κ3) is 1.83. The Morgan fingerprint density at radius 2 is 1.54 bits per heavy atom. The van der Waals surface area contributed by atoms with E-state index in [1.165, 1.54) is 11.1 Å². The average Bonchev–Trinajstić information content (AvgIpc) is 2.83. The predicted molar refractivity (Wildman–Crippen MR) is 102 cm³/mol. The molecule has 1 saturated carbocycles. The maximum Gasteiger partial charge on any atom is 0.319 e. The van der Waals surface area contributed by atoms with E-state index in [4.69, 9.17) is 14.7 Å². The maximum atomic E-state index is 13.3. The zero-order valence-electron chi connectivity index (χ0n) is 16.9. The van der Waals surface area contributed by atoms with Gasteiger partial charge in [-0.2, -0.15) is 0 Å². The van der Waals surface area contributed by atoms with E-state index in [0.717, 1.165) is 35.3 Å². The molecule has 138 valence electrons. The Labute approximate surface area is 155 Å². The van der Waals surface area contributed by atoms with Gasteiger partial charge in [-0.25, -0.2) is 9.97 Å². The van der Waals surface area contributed by atoms with Gasteiger partial charge in [0, 0.05) is 5.41 Å². The summed E-state index contributed by atoms with van der Waals surface area (Å²) in [6.07, 6.45) is 1.58. The molecule has 2 bridgehead atoms. The molecule has 0 spiro atoms. The van der Waals surface area contributed by atoms with Crippen LogP contribution in [0.4, 0.5) is 0 Å². The summed E-state index contributed by atoms with van der Waals surface area (Å²) in [5, 5.41) is 0. The van der Waals surface area contributed by atoms with E-state index in [2.05, 4.69) is 46.8 Å². The normalized spacial score (nSPS) is 28.6. The van der Waals surface area contributed by atoms with E-state index in [1.54, 1.807) is 0 Å². The molecule has 4 nitrogen and oxygen atoms in total. The number of benzene rings is 1. The van der Waals surface area contributed by atoms with Gasteiger partial charge < -0.3 is 4.74 Å². The van der Waals surface area contributed by atoms with Gasteiger partial charge in [-0.05, 0) is 69.2 Å². The van der Waals surface area contributed by atoms with Crippen LogP contribution in [0.25, 0.3) is 11.0 Å². The van der Waals surface area contributed by atoms with Crippen LogP contribution < -0.4 is 0 Å². The molecule has 4 heteroatoms. The van der Waals surface area contributed by atoms with E-state index in [9.17, 15) is 4.79 Å². The maximum absolute atomic E-state index is 13.3. The van der Waals surface area contributed by atoms with Crippen molar-refractivity contribution in [3.8, 4) is 0 Å². The minimum Gasteiger partial charge on any atom is -0.462 e. The molecule has 2 aliphatic rings. The van der Waals surface area contributed by atoms with Gasteiger partial charge >= 0.3 is 5.97 Å². The Bertz CT molecular complexity index is 947. The van der Waals surface area contributed by atoms with Gasteiger partial charge in [-0.3, -0.25) is 4.79 Å². The minimum absolute atomic E-state index is 0.137. The summed E-state index contributed by atoms with van der Waals surface area (Å²) in [6.45, 7) is 14.6. The first-order chi connectivity index (χ1) is 12.0. The molecule has 1 fully saturated rings. The van der Waals surface area contributed by atoms with Gasteiger partial charge in [0.05, 0.1) is 28.5 Å². The molecule has 0 saturated heterocycles. The Kier molecular flexibility index (Phi) is 3.39. The van der Waals surface area contributed by atoms with E-state index < -0.39 is 5.41 Å². The summed E-state index contributed by atoms with van der Waals surface area (Å²) < 4.78 is 5.74. The van der Waals surface area contributed by atoms with Crippen molar-refractivity contribution in [1.82, 2.24) is 9.97 Å². The topological polar surface area (TPSA) is 52.1 Å². The van der Waals surface area contributed by atoms with Crippen LogP contribution in [-0.2, 0) is 20.4 Å². The zero-order chi connectivity index (χ0) is 19.1. The lowest BCUT2D eigenvalue weighted by Crippen LogP contribution is -2.47. The van der Waals surface area contributed by atoms with Crippen LogP contribution in [0.15, 0.2) is 12.1 Å². The quantitative estimate of drug-likeness (QED) is 0.745. The Morgan fingerprint density at radius 3 is 2.08 bits per heavy atom. The number of hydrogen-bond donors (Lipinski definition) is 0. The summed E-state index contributed by atoms with van der Waals surface area (Å²) in [6, 6.07) is 4.19. The van der Waals surface area contributed by atoms with Gasteiger partial charge in [0.2, 0.25) is 0 Å². The van der Waals surface area contributed by atoms with Crippen molar-refractivity contribution in [2.45, 2.75) is 78.2 Å². The second-order valence-electron chi connectivity index (χ2n) is 9.16. The lowest BCUT2D eigenvalue weighted by molar-refractivity contribution is -0.159. The van der Waals surface area contributed by atoms with Crippen LogP contribution in [0.5, 0.6) is 0 Å². The van der Waals surface area contributed by atoms with Crippen molar-refractivity contribution in [3.63, 3.8) is 0 Å². The van der Waals surface area contributed by atoms with Crippen molar-refractivity contribution in [2.24, 2.45) is 5.41 Å². The number of fused-ring (bicyclic) bond motifs is 6. The highest BCUT2D eigenvalue weighted by Gasteiger charge is 2.74. The third-order valence-corrected chi connectivity index (χ3v) is 7.34. The summed E-state index contributed by atoms with van der Waals surface area (Å²) in [5.41, 5.74) is 4.88. The van der Waals surface area contributed by atoms with Gasteiger partial charge in [0.1, 0.15) is 5.41 Å². The molecule has 1 aromatic carbocycles. The molecule has 2 aliphatic carbocycles. The molecule has 0 radical (unpaired) electrons. The lowest BCUT2D eigenvalue weighted by Gasteiger charge is -2.39. The summed E-state index contributed by atoms with van der Waals surface area (Å²) in [4.78, 5) is 23.4. The highest BCUT2D eigenvalue weighted by molar-refractivity contribution is 5.89. The van der Waals surface area contributed by atoms with E-state index in [-0.39, 0.29) is 22.9 Å². The minimum atomic E-state index is -0.707. The summed E-state index contributed by atoms with van der Waals surface area (Å²) in [7, 11) is 0. The smallest absolute Gasteiger partial charge is 0.319 e. The van der Waals surface area contributed by atoms with Crippen molar-refractivity contribution in [3.05, 3.63) is 34.6 Å². The number of esters is 1. The van der Waals surface area contributed by atoms with E-state index in [1.807, 2.05) is 13.8 Å². The Morgan fingerprint density at radius 1 is 1.00 bits per heavy atom. The van der Waals surface area contributed by atoms with Gasteiger partial charge in [-0.1, -0.05) is 20.8 Å². The standard InChI is InChI=1S/C22H28N2O2/c1-12(2)26-19(25)22-9-8-21(7,20(22,5)6)17-18(22)24-16-11-14(4)13(3)10-15(16)23-17/h10-12H,8-9H2,1-7H3. The third-order valence-electron chi connectivity index (χ3n) is 7.34. The van der Waals surface area contributed by atoms with E-state index in [0.29, 0.717) is 0 Å². The molecule has 2 atom stereocenters. The highest BCUT2D eigenvalue weighted by Crippen LogP contribution is 2.70. The van der Waals surface area contributed by atoms with Gasteiger partial charge in [-0.15, -0.1) is 0 Å².